The number of likely N-dealkylation sites (tertiary alicyclic amines) is 1. The molecular weight excluding hydrogens is 476 g/mol. The van der Waals surface area contributed by atoms with E-state index in [-0.39, 0.29) is 5.78 Å². The van der Waals surface area contributed by atoms with Crippen LogP contribution in [0.25, 0.3) is 0 Å². The van der Waals surface area contributed by atoms with E-state index in [0.29, 0.717) is 27.8 Å². The zero-order valence-electron chi connectivity index (χ0n) is 20.3. The number of carboxylic acids is 1. The average molecular weight is 501 g/mol. The molecule has 0 aromatic heterocycles. The second kappa shape index (κ2) is 10.5. The van der Waals surface area contributed by atoms with Crippen molar-refractivity contribution in [3.8, 4) is 6.07 Å². The van der Waals surface area contributed by atoms with Crippen molar-refractivity contribution in [2.45, 2.75) is 18.0 Å². The van der Waals surface area contributed by atoms with Gasteiger partial charge in [-0.2, -0.15) is 5.26 Å². The highest BCUT2D eigenvalue weighted by atomic mass is 16.4. The Morgan fingerprint density at radius 1 is 0.684 bits per heavy atom. The molecule has 1 aliphatic rings. The van der Waals surface area contributed by atoms with E-state index in [1.54, 1.807) is 103 Å². The highest BCUT2D eigenvalue weighted by Crippen LogP contribution is 2.51. The number of nitriles is 1. The molecule has 4 aromatic carbocycles. The second-order valence-corrected chi connectivity index (χ2v) is 9.23. The number of carboxylic acid groups (broad SMARTS) is 1. The third-order valence-corrected chi connectivity index (χ3v) is 7.10. The summed E-state index contributed by atoms with van der Waals surface area (Å²) >= 11 is 0. The number of Topliss-reactive ketones (excluding diaryl/α,β-unsaturated/α-hetero) is 1. The number of rotatable bonds is 6. The van der Waals surface area contributed by atoms with Gasteiger partial charge in [-0.05, 0) is 35.4 Å². The summed E-state index contributed by atoms with van der Waals surface area (Å²) in [5.41, 5.74) is 2.45. The summed E-state index contributed by atoms with van der Waals surface area (Å²) in [5.74, 6) is -3.61. The van der Waals surface area contributed by atoms with Gasteiger partial charge in [0.2, 0.25) is 0 Å². The SMILES string of the molecule is N#Cc1ccc(C2C(C(=O)c3ccccc3)C(c3ccccc3)C(C(=O)O)N2C(=O)c2ccccc2)cc1. The lowest BCUT2D eigenvalue weighted by atomic mass is 9.76. The Bertz CT molecular complexity index is 1500. The third kappa shape index (κ3) is 4.46. The molecule has 38 heavy (non-hydrogen) atoms. The molecule has 0 bridgehead atoms. The fraction of sp³-hybridized carbons (Fsp3) is 0.125. The van der Waals surface area contributed by atoms with Crippen LogP contribution in [0.1, 0.15) is 49.4 Å². The van der Waals surface area contributed by atoms with E-state index in [1.165, 1.54) is 4.90 Å². The van der Waals surface area contributed by atoms with Crippen LogP contribution in [0, 0.1) is 17.2 Å². The van der Waals surface area contributed by atoms with Gasteiger partial charge in [0.15, 0.2) is 5.78 Å². The predicted octanol–water partition coefficient (Wildman–Crippen LogP) is 5.49. The minimum absolute atomic E-state index is 0.247. The molecule has 0 saturated carbocycles. The first kappa shape index (κ1) is 24.7. The van der Waals surface area contributed by atoms with Gasteiger partial charge in [0.1, 0.15) is 6.04 Å². The van der Waals surface area contributed by atoms with Gasteiger partial charge >= 0.3 is 5.97 Å². The van der Waals surface area contributed by atoms with Gasteiger partial charge in [0, 0.05) is 17.0 Å². The summed E-state index contributed by atoms with van der Waals surface area (Å²) in [6, 6.07) is 32.8. The molecule has 186 valence electrons. The van der Waals surface area contributed by atoms with Crippen molar-refractivity contribution in [3.63, 3.8) is 0 Å². The molecule has 1 heterocycles. The summed E-state index contributed by atoms with van der Waals surface area (Å²) in [6.45, 7) is 0. The molecule has 0 radical (unpaired) electrons. The van der Waals surface area contributed by atoms with Crippen molar-refractivity contribution in [1.82, 2.24) is 4.90 Å². The maximum atomic E-state index is 14.2. The van der Waals surface area contributed by atoms with Crippen LogP contribution in [0.15, 0.2) is 115 Å². The van der Waals surface area contributed by atoms with E-state index < -0.39 is 35.8 Å². The van der Waals surface area contributed by atoms with Gasteiger partial charge in [0.05, 0.1) is 23.6 Å². The largest absolute Gasteiger partial charge is 0.480 e. The molecule has 4 atom stereocenters. The van der Waals surface area contributed by atoms with Crippen molar-refractivity contribution < 1.29 is 19.5 Å². The molecule has 4 unspecified atom stereocenters. The number of ketones is 1. The lowest BCUT2D eigenvalue weighted by molar-refractivity contribution is -0.142. The molecule has 1 amide bonds. The summed E-state index contributed by atoms with van der Waals surface area (Å²) in [6.07, 6.45) is 0. The lowest BCUT2D eigenvalue weighted by Gasteiger charge is -2.30. The van der Waals surface area contributed by atoms with Crippen molar-refractivity contribution in [2.24, 2.45) is 5.92 Å². The molecule has 1 fully saturated rings. The van der Waals surface area contributed by atoms with Gasteiger partial charge < -0.3 is 10.0 Å². The first-order valence-corrected chi connectivity index (χ1v) is 12.3. The number of hydrogen-bond acceptors (Lipinski definition) is 4. The standard InChI is InChI=1S/C32H24N2O4/c33-20-21-16-18-23(19-17-21)28-27(30(35)24-12-6-2-7-13-24)26(22-10-4-1-5-11-22)29(32(37)38)34(28)31(36)25-14-8-3-9-15-25/h1-19,26-29H,(H,37,38). The zero-order chi connectivity index (χ0) is 26.6. The molecular formula is C32H24N2O4. The fourth-order valence-electron chi connectivity index (χ4n) is 5.46. The van der Waals surface area contributed by atoms with Crippen LogP contribution in [0.2, 0.25) is 0 Å². The minimum atomic E-state index is -1.30. The molecule has 1 N–H and O–H groups in total. The number of aliphatic carboxylic acids is 1. The van der Waals surface area contributed by atoms with Gasteiger partial charge in [-0.3, -0.25) is 9.59 Å². The van der Waals surface area contributed by atoms with Crippen molar-refractivity contribution in [3.05, 3.63) is 143 Å². The second-order valence-electron chi connectivity index (χ2n) is 9.23. The van der Waals surface area contributed by atoms with Crippen LogP contribution in [-0.2, 0) is 4.79 Å². The highest BCUT2D eigenvalue weighted by molar-refractivity contribution is 6.03. The van der Waals surface area contributed by atoms with E-state index >= 15 is 0 Å². The number of hydrogen-bond donors (Lipinski definition) is 1. The van der Waals surface area contributed by atoms with E-state index in [2.05, 4.69) is 6.07 Å². The quantitative estimate of drug-likeness (QED) is 0.353. The number of amides is 1. The van der Waals surface area contributed by atoms with Gasteiger partial charge in [-0.15, -0.1) is 0 Å². The molecule has 6 nitrogen and oxygen atoms in total. The van der Waals surface area contributed by atoms with Crippen molar-refractivity contribution >= 4 is 17.7 Å². The van der Waals surface area contributed by atoms with E-state index in [4.69, 9.17) is 0 Å². The number of carbonyl (C=O) groups is 3. The Labute approximate surface area is 220 Å². The zero-order valence-corrected chi connectivity index (χ0v) is 20.3. The molecule has 1 aliphatic heterocycles. The van der Waals surface area contributed by atoms with E-state index in [1.807, 2.05) is 12.1 Å². The molecule has 0 spiro atoms. The number of benzene rings is 4. The summed E-state index contributed by atoms with van der Waals surface area (Å²) in [5, 5.41) is 19.9. The minimum Gasteiger partial charge on any atom is -0.480 e. The average Bonchev–Trinajstić information content (AvgIpc) is 3.34. The maximum absolute atomic E-state index is 14.2. The van der Waals surface area contributed by atoms with E-state index in [9.17, 15) is 24.8 Å². The Morgan fingerprint density at radius 3 is 1.74 bits per heavy atom. The van der Waals surface area contributed by atoms with Crippen LogP contribution in [0.3, 0.4) is 0 Å². The summed E-state index contributed by atoms with van der Waals surface area (Å²) in [7, 11) is 0. The van der Waals surface area contributed by atoms with E-state index in [0.717, 1.165) is 0 Å². The molecule has 0 aliphatic carbocycles. The van der Waals surface area contributed by atoms with Crippen LogP contribution >= 0.6 is 0 Å². The fourth-order valence-corrected chi connectivity index (χ4v) is 5.46. The monoisotopic (exact) mass is 500 g/mol. The number of nitrogens with zero attached hydrogens (tertiary/aromatic N) is 2. The van der Waals surface area contributed by atoms with Crippen molar-refractivity contribution in [2.75, 3.05) is 0 Å². The first-order valence-electron chi connectivity index (χ1n) is 12.3. The first-order chi connectivity index (χ1) is 18.5. The van der Waals surface area contributed by atoms with Crippen LogP contribution < -0.4 is 0 Å². The third-order valence-electron chi connectivity index (χ3n) is 7.10. The molecule has 4 aromatic rings. The van der Waals surface area contributed by atoms with Gasteiger partial charge in [-0.1, -0.05) is 91.0 Å². The molecule has 1 saturated heterocycles. The lowest BCUT2D eigenvalue weighted by Crippen LogP contribution is -2.43. The molecule has 6 heteroatoms. The summed E-state index contributed by atoms with van der Waals surface area (Å²) in [4.78, 5) is 42.6. The number of carbonyl (C=O) groups excluding carboxylic acids is 2. The van der Waals surface area contributed by atoms with Crippen molar-refractivity contribution in [1.29, 1.82) is 5.26 Å². The maximum Gasteiger partial charge on any atom is 0.327 e. The topological polar surface area (TPSA) is 98.5 Å². The van der Waals surface area contributed by atoms with Crippen LogP contribution in [0.4, 0.5) is 0 Å². The van der Waals surface area contributed by atoms with Crippen LogP contribution in [0.5, 0.6) is 0 Å². The normalized spacial score (nSPS) is 20.4. The Balaban J connectivity index is 1.77. The Morgan fingerprint density at radius 2 is 1.21 bits per heavy atom. The molecule has 5 rings (SSSR count). The Hall–Kier alpha value is -5.02. The van der Waals surface area contributed by atoms with Gasteiger partial charge in [-0.25, -0.2) is 4.79 Å². The highest BCUT2D eigenvalue weighted by Gasteiger charge is 2.57. The Kier molecular flexibility index (Phi) is 6.84. The predicted molar refractivity (Wildman–Crippen MR) is 141 cm³/mol. The smallest absolute Gasteiger partial charge is 0.327 e. The van der Waals surface area contributed by atoms with Crippen LogP contribution in [-0.4, -0.2) is 33.7 Å². The summed E-state index contributed by atoms with van der Waals surface area (Å²) < 4.78 is 0. The van der Waals surface area contributed by atoms with Gasteiger partial charge in [0.25, 0.3) is 5.91 Å².